The van der Waals surface area contributed by atoms with Crippen LogP contribution >= 0.6 is 0 Å². The number of rotatable bonds is 7. The number of piperazine rings is 1. The van der Waals surface area contributed by atoms with E-state index in [1.165, 1.54) is 0 Å². The molecule has 6 heteroatoms. The molecule has 1 aliphatic rings. The monoisotopic (exact) mass is 273 g/mol. The largest absolute Gasteiger partial charge is 0.383 e. The van der Waals surface area contributed by atoms with Gasteiger partial charge in [-0.2, -0.15) is 0 Å². The topological polar surface area (TPSA) is 68.0 Å². The smallest absolute Gasteiger partial charge is 0.241 e. The maximum absolute atomic E-state index is 12.0. The summed E-state index contributed by atoms with van der Waals surface area (Å²) in [6.07, 6.45) is 0.273. The van der Waals surface area contributed by atoms with Crippen LogP contribution in [-0.4, -0.2) is 80.9 Å². The van der Waals surface area contributed by atoms with Crippen molar-refractivity contribution in [3.8, 4) is 0 Å². The predicted octanol–water partition coefficient (Wildman–Crippen LogP) is -0.471. The Hall–Kier alpha value is -0.690. The zero-order valence-electron chi connectivity index (χ0n) is 12.3. The lowest BCUT2D eigenvalue weighted by Gasteiger charge is -2.35. The number of nitrogens with two attached hydrogens (primary N) is 1. The summed E-state index contributed by atoms with van der Waals surface area (Å²) < 4.78 is 10.4. The van der Waals surface area contributed by atoms with Gasteiger partial charge >= 0.3 is 0 Å². The van der Waals surface area contributed by atoms with Gasteiger partial charge < -0.3 is 20.1 Å². The number of carbonyl (C=O) groups is 1. The lowest BCUT2D eigenvalue weighted by Crippen LogP contribution is -2.54. The molecular weight excluding hydrogens is 246 g/mol. The van der Waals surface area contributed by atoms with Crippen molar-refractivity contribution < 1.29 is 14.3 Å². The van der Waals surface area contributed by atoms with E-state index in [1.807, 2.05) is 18.7 Å². The van der Waals surface area contributed by atoms with Gasteiger partial charge in [0.15, 0.2) is 0 Å². The summed E-state index contributed by atoms with van der Waals surface area (Å²) in [5.74, 6) is -0.0140. The Morgan fingerprint density at radius 3 is 2.42 bits per heavy atom. The van der Waals surface area contributed by atoms with Gasteiger partial charge in [0.05, 0.1) is 19.3 Å². The molecule has 6 nitrogen and oxygen atoms in total. The van der Waals surface area contributed by atoms with Crippen molar-refractivity contribution in [1.29, 1.82) is 0 Å². The fourth-order valence-corrected chi connectivity index (χ4v) is 2.09. The van der Waals surface area contributed by atoms with Crippen LogP contribution in [0.1, 0.15) is 13.8 Å². The van der Waals surface area contributed by atoms with Crippen LogP contribution in [0.15, 0.2) is 0 Å². The Labute approximate surface area is 115 Å². The van der Waals surface area contributed by atoms with E-state index in [-0.39, 0.29) is 18.6 Å². The Morgan fingerprint density at radius 1 is 1.26 bits per heavy atom. The highest BCUT2D eigenvalue weighted by atomic mass is 16.5. The molecule has 0 spiro atoms. The predicted molar refractivity (Wildman–Crippen MR) is 74.0 cm³/mol. The van der Waals surface area contributed by atoms with Crippen LogP contribution < -0.4 is 5.73 Å². The molecule has 2 N–H and O–H groups in total. The van der Waals surface area contributed by atoms with Gasteiger partial charge in [-0.05, 0) is 13.8 Å². The first kappa shape index (κ1) is 16.4. The summed E-state index contributed by atoms with van der Waals surface area (Å²) in [6.45, 7) is 9.25. The molecule has 1 amide bonds. The van der Waals surface area contributed by atoms with Gasteiger partial charge in [0, 0.05) is 39.8 Å². The van der Waals surface area contributed by atoms with Crippen molar-refractivity contribution in [3.05, 3.63) is 0 Å². The minimum absolute atomic E-state index is 0.0140. The summed E-state index contributed by atoms with van der Waals surface area (Å²) in [7, 11) is 1.56. The lowest BCUT2D eigenvalue weighted by atomic mass is 10.2. The third-order valence-corrected chi connectivity index (χ3v) is 3.21. The summed E-state index contributed by atoms with van der Waals surface area (Å²) >= 11 is 0. The molecule has 1 fully saturated rings. The maximum Gasteiger partial charge on any atom is 0.241 e. The van der Waals surface area contributed by atoms with Gasteiger partial charge in [-0.25, -0.2) is 0 Å². The average molecular weight is 273 g/mol. The van der Waals surface area contributed by atoms with Gasteiger partial charge in [0.25, 0.3) is 0 Å². The normalized spacial score (nSPS) is 18.9. The van der Waals surface area contributed by atoms with E-state index in [0.717, 1.165) is 39.3 Å². The van der Waals surface area contributed by atoms with Crippen molar-refractivity contribution in [2.24, 2.45) is 5.73 Å². The van der Waals surface area contributed by atoms with Crippen LogP contribution in [0.5, 0.6) is 0 Å². The quantitative estimate of drug-likeness (QED) is 0.679. The van der Waals surface area contributed by atoms with Crippen LogP contribution in [0.3, 0.4) is 0 Å². The number of hydrogen-bond acceptors (Lipinski definition) is 5. The van der Waals surface area contributed by atoms with Crippen molar-refractivity contribution >= 4 is 5.91 Å². The van der Waals surface area contributed by atoms with E-state index >= 15 is 0 Å². The number of ether oxygens (including phenoxy) is 2. The Balaban J connectivity index is 2.23. The minimum Gasteiger partial charge on any atom is -0.383 e. The first-order valence-electron chi connectivity index (χ1n) is 6.92. The molecule has 1 atom stereocenters. The molecule has 0 aromatic carbocycles. The zero-order valence-corrected chi connectivity index (χ0v) is 12.3. The maximum atomic E-state index is 12.0. The van der Waals surface area contributed by atoms with Crippen LogP contribution in [0.25, 0.3) is 0 Å². The number of hydrogen-bond donors (Lipinski definition) is 1. The number of carbonyl (C=O) groups excluding carboxylic acids is 1. The molecule has 0 aromatic rings. The minimum atomic E-state index is -0.541. The molecule has 0 radical (unpaired) electrons. The number of amides is 1. The second-order valence-electron chi connectivity index (χ2n) is 5.15. The Bertz CT molecular complexity index is 266. The van der Waals surface area contributed by atoms with E-state index in [2.05, 4.69) is 4.90 Å². The molecular formula is C13H27N3O3. The first-order chi connectivity index (χ1) is 9.04. The standard InChI is InChI=1S/C13H27N3O3/c1-11(2)19-9-8-15-4-6-16(7-5-15)13(17)12(14)10-18-3/h11-12H,4-10,14H2,1-3H3. The van der Waals surface area contributed by atoms with Crippen LogP contribution in [0.4, 0.5) is 0 Å². The van der Waals surface area contributed by atoms with Crippen LogP contribution in [-0.2, 0) is 14.3 Å². The lowest BCUT2D eigenvalue weighted by molar-refractivity contribution is -0.135. The van der Waals surface area contributed by atoms with Crippen molar-refractivity contribution in [2.75, 3.05) is 53.0 Å². The van der Waals surface area contributed by atoms with Crippen molar-refractivity contribution in [3.63, 3.8) is 0 Å². The molecule has 0 aliphatic carbocycles. The molecule has 112 valence electrons. The second kappa shape index (κ2) is 8.47. The third kappa shape index (κ3) is 5.86. The molecule has 1 unspecified atom stereocenters. The van der Waals surface area contributed by atoms with E-state index in [9.17, 15) is 4.79 Å². The van der Waals surface area contributed by atoms with Gasteiger partial charge in [0.2, 0.25) is 5.91 Å². The van der Waals surface area contributed by atoms with Gasteiger partial charge in [-0.3, -0.25) is 9.69 Å². The SMILES string of the molecule is COCC(N)C(=O)N1CCN(CCOC(C)C)CC1. The number of methoxy groups -OCH3 is 1. The number of nitrogens with zero attached hydrogens (tertiary/aromatic N) is 2. The summed E-state index contributed by atoms with van der Waals surface area (Å²) in [5, 5.41) is 0. The Morgan fingerprint density at radius 2 is 1.89 bits per heavy atom. The molecule has 1 aliphatic heterocycles. The van der Waals surface area contributed by atoms with E-state index in [4.69, 9.17) is 15.2 Å². The van der Waals surface area contributed by atoms with Crippen LogP contribution in [0.2, 0.25) is 0 Å². The molecule has 1 rings (SSSR count). The van der Waals surface area contributed by atoms with Crippen LogP contribution in [0, 0.1) is 0 Å². The van der Waals surface area contributed by atoms with Gasteiger partial charge in [0.1, 0.15) is 6.04 Å². The molecule has 0 bridgehead atoms. The Kier molecular flexibility index (Phi) is 7.30. The highest BCUT2D eigenvalue weighted by Gasteiger charge is 2.24. The molecule has 1 heterocycles. The molecule has 19 heavy (non-hydrogen) atoms. The van der Waals surface area contributed by atoms with Gasteiger partial charge in [-0.15, -0.1) is 0 Å². The van der Waals surface area contributed by atoms with E-state index in [1.54, 1.807) is 7.11 Å². The summed E-state index contributed by atoms with van der Waals surface area (Å²) in [4.78, 5) is 16.1. The average Bonchev–Trinajstić information content (AvgIpc) is 2.38. The highest BCUT2D eigenvalue weighted by molar-refractivity contribution is 5.81. The molecule has 0 aromatic heterocycles. The highest BCUT2D eigenvalue weighted by Crippen LogP contribution is 2.04. The fourth-order valence-electron chi connectivity index (χ4n) is 2.09. The summed E-state index contributed by atoms with van der Waals surface area (Å²) in [5.41, 5.74) is 5.76. The molecule has 0 saturated carbocycles. The van der Waals surface area contributed by atoms with E-state index < -0.39 is 6.04 Å². The van der Waals surface area contributed by atoms with Gasteiger partial charge in [-0.1, -0.05) is 0 Å². The zero-order chi connectivity index (χ0) is 14.3. The second-order valence-corrected chi connectivity index (χ2v) is 5.15. The molecule has 1 saturated heterocycles. The van der Waals surface area contributed by atoms with E-state index in [0.29, 0.717) is 0 Å². The fraction of sp³-hybridized carbons (Fsp3) is 0.923. The summed E-state index contributed by atoms with van der Waals surface area (Å²) in [6, 6.07) is -0.541. The van der Waals surface area contributed by atoms with Crippen molar-refractivity contribution in [1.82, 2.24) is 9.80 Å². The first-order valence-corrected chi connectivity index (χ1v) is 6.92. The third-order valence-electron chi connectivity index (χ3n) is 3.21. The van der Waals surface area contributed by atoms with Crippen molar-refractivity contribution in [2.45, 2.75) is 26.0 Å².